The standard InChI is InChI=1S/C30H25BrN4O3S2/c1-3-34(25-7-5-4-6-8-25)40(37,38)26-16-13-23(14-17-26)29(36)35(32-20-22-11-9-21(2)10-12-22)30-33-27-18-15-24(31)19-28(27)39-30/h4-20H,3H2,1-2H3/b32-20+. The molecule has 10 heteroatoms. The highest BCUT2D eigenvalue weighted by atomic mass is 79.9. The number of aryl methyl sites for hydroxylation is 1. The second-order valence-electron chi connectivity index (χ2n) is 8.91. The summed E-state index contributed by atoms with van der Waals surface area (Å²) in [5, 5.41) is 6.17. The number of thiazole rings is 1. The van der Waals surface area contributed by atoms with Crippen LogP contribution in [0.3, 0.4) is 0 Å². The Morgan fingerprint density at radius 2 is 1.68 bits per heavy atom. The number of sulfonamides is 1. The molecule has 0 atom stereocenters. The Morgan fingerprint density at radius 3 is 2.35 bits per heavy atom. The van der Waals surface area contributed by atoms with Gasteiger partial charge in [0.25, 0.3) is 15.9 Å². The molecule has 0 spiro atoms. The fraction of sp³-hybridized carbons (Fsp3) is 0.100. The van der Waals surface area contributed by atoms with Crippen LogP contribution in [0.25, 0.3) is 10.2 Å². The van der Waals surface area contributed by atoms with Gasteiger partial charge >= 0.3 is 0 Å². The van der Waals surface area contributed by atoms with Crippen molar-refractivity contribution in [3.63, 3.8) is 0 Å². The van der Waals surface area contributed by atoms with E-state index in [1.807, 2.05) is 55.5 Å². The number of rotatable bonds is 8. The monoisotopic (exact) mass is 632 g/mol. The van der Waals surface area contributed by atoms with Crippen LogP contribution in [-0.2, 0) is 10.0 Å². The van der Waals surface area contributed by atoms with E-state index in [-0.39, 0.29) is 17.0 Å². The number of aromatic nitrogens is 1. The summed E-state index contributed by atoms with van der Waals surface area (Å²) in [7, 11) is -3.83. The van der Waals surface area contributed by atoms with Gasteiger partial charge in [-0.25, -0.2) is 13.4 Å². The minimum atomic E-state index is -3.83. The zero-order chi connectivity index (χ0) is 28.3. The first kappa shape index (κ1) is 27.7. The van der Waals surface area contributed by atoms with Gasteiger partial charge < -0.3 is 0 Å². The van der Waals surface area contributed by atoms with Crippen molar-refractivity contribution in [2.24, 2.45) is 5.10 Å². The van der Waals surface area contributed by atoms with Gasteiger partial charge in [-0.2, -0.15) is 10.1 Å². The summed E-state index contributed by atoms with van der Waals surface area (Å²) >= 11 is 4.82. The first-order chi connectivity index (χ1) is 19.3. The molecule has 40 heavy (non-hydrogen) atoms. The minimum Gasteiger partial charge on any atom is -0.267 e. The number of amides is 1. The zero-order valence-corrected chi connectivity index (χ0v) is 24.9. The SMILES string of the molecule is CCN(c1ccccc1)S(=O)(=O)c1ccc(C(=O)N(/N=C/c2ccc(C)cc2)c2nc3ccc(Br)cc3s2)cc1. The maximum absolute atomic E-state index is 13.7. The lowest BCUT2D eigenvalue weighted by atomic mass is 10.2. The molecule has 0 unspecified atom stereocenters. The number of anilines is 2. The van der Waals surface area contributed by atoms with Crippen LogP contribution >= 0.6 is 27.3 Å². The van der Waals surface area contributed by atoms with Crippen molar-refractivity contribution in [2.45, 2.75) is 18.7 Å². The number of hydrogen-bond acceptors (Lipinski definition) is 6. The van der Waals surface area contributed by atoms with E-state index in [2.05, 4.69) is 26.0 Å². The lowest BCUT2D eigenvalue weighted by Gasteiger charge is -2.23. The molecule has 0 fully saturated rings. The molecule has 0 N–H and O–H groups in total. The van der Waals surface area contributed by atoms with Crippen molar-refractivity contribution >= 4 is 70.4 Å². The maximum Gasteiger partial charge on any atom is 0.280 e. The molecule has 4 aromatic carbocycles. The second-order valence-corrected chi connectivity index (χ2v) is 12.7. The molecule has 0 aliphatic rings. The molecule has 0 aliphatic carbocycles. The predicted octanol–water partition coefficient (Wildman–Crippen LogP) is 7.26. The Kier molecular flexibility index (Phi) is 8.11. The first-order valence-electron chi connectivity index (χ1n) is 12.5. The molecule has 1 aromatic heterocycles. The number of nitrogens with zero attached hydrogens (tertiary/aromatic N) is 4. The number of fused-ring (bicyclic) bond motifs is 1. The van der Waals surface area contributed by atoms with Gasteiger partial charge in [-0.3, -0.25) is 9.10 Å². The number of benzene rings is 4. The van der Waals surface area contributed by atoms with E-state index >= 15 is 0 Å². The molecule has 0 radical (unpaired) electrons. The van der Waals surface area contributed by atoms with E-state index in [1.54, 1.807) is 37.4 Å². The topological polar surface area (TPSA) is 82.9 Å². The fourth-order valence-corrected chi connectivity index (χ4v) is 6.99. The van der Waals surface area contributed by atoms with Crippen LogP contribution in [0.15, 0.2) is 112 Å². The third kappa shape index (κ3) is 5.84. The van der Waals surface area contributed by atoms with E-state index in [1.165, 1.54) is 44.9 Å². The summed E-state index contributed by atoms with van der Waals surface area (Å²) in [5.74, 6) is -0.430. The third-order valence-electron chi connectivity index (χ3n) is 6.13. The number of carbonyl (C=O) groups is 1. The van der Waals surface area contributed by atoms with Gasteiger partial charge in [-0.15, -0.1) is 0 Å². The van der Waals surface area contributed by atoms with Gasteiger partial charge in [-0.1, -0.05) is 75.3 Å². The molecular formula is C30H25BrN4O3S2. The molecule has 0 bridgehead atoms. The Bertz CT molecular complexity index is 1790. The summed E-state index contributed by atoms with van der Waals surface area (Å²) in [4.78, 5) is 18.5. The van der Waals surface area contributed by atoms with Crippen LogP contribution in [0.1, 0.15) is 28.4 Å². The number of hydrazone groups is 1. The average molecular weight is 634 g/mol. The smallest absolute Gasteiger partial charge is 0.267 e. The van der Waals surface area contributed by atoms with Gasteiger partial charge in [0, 0.05) is 16.6 Å². The molecule has 5 rings (SSSR count). The van der Waals surface area contributed by atoms with Crippen LogP contribution in [-0.4, -0.2) is 32.1 Å². The number of carbonyl (C=O) groups excluding carboxylic acids is 1. The Morgan fingerprint density at radius 1 is 0.975 bits per heavy atom. The number of para-hydroxylation sites is 1. The molecule has 0 saturated carbocycles. The van der Waals surface area contributed by atoms with Crippen molar-refractivity contribution in [1.29, 1.82) is 0 Å². The van der Waals surface area contributed by atoms with Gasteiger partial charge in [0.15, 0.2) is 0 Å². The van der Waals surface area contributed by atoms with Gasteiger partial charge in [0.2, 0.25) is 5.13 Å². The number of halogens is 1. The molecule has 1 amide bonds. The normalized spacial score (nSPS) is 11.7. The Balaban J connectivity index is 1.49. The lowest BCUT2D eigenvalue weighted by Crippen LogP contribution is -2.31. The van der Waals surface area contributed by atoms with Crippen LogP contribution < -0.4 is 9.31 Å². The van der Waals surface area contributed by atoms with E-state index < -0.39 is 15.9 Å². The average Bonchev–Trinajstić information content (AvgIpc) is 3.37. The predicted molar refractivity (Wildman–Crippen MR) is 166 cm³/mol. The first-order valence-corrected chi connectivity index (χ1v) is 15.5. The van der Waals surface area contributed by atoms with Crippen molar-refractivity contribution in [1.82, 2.24) is 4.98 Å². The van der Waals surface area contributed by atoms with Gasteiger partial charge in [0.05, 0.1) is 27.0 Å². The van der Waals surface area contributed by atoms with Gasteiger partial charge in [0.1, 0.15) is 0 Å². The van der Waals surface area contributed by atoms with E-state index in [0.717, 1.165) is 25.8 Å². The van der Waals surface area contributed by atoms with E-state index in [4.69, 9.17) is 0 Å². The highest BCUT2D eigenvalue weighted by Crippen LogP contribution is 2.32. The fourth-order valence-electron chi connectivity index (χ4n) is 4.05. The van der Waals surface area contributed by atoms with Gasteiger partial charge in [-0.05, 0) is 74.0 Å². The van der Waals surface area contributed by atoms with Crippen LogP contribution in [0.2, 0.25) is 0 Å². The zero-order valence-electron chi connectivity index (χ0n) is 21.7. The molecule has 202 valence electrons. The summed E-state index contributed by atoms with van der Waals surface area (Å²) in [6, 6.07) is 28.3. The lowest BCUT2D eigenvalue weighted by molar-refractivity contribution is 0.0987. The van der Waals surface area contributed by atoms with Crippen molar-refractivity contribution in [3.05, 3.63) is 118 Å². The Hall–Kier alpha value is -3.86. The second kappa shape index (κ2) is 11.7. The quantitative estimate of drug-likeness (QED) is 0.133. The molecular weight excluding hydrogens is 608 g/mol. The number of hydrogen-bond donors (Lipinski definition) is 0. The largest absolute Gasteiger partial charge is 0.280 e. The third-order valence-corrected chi connectivity index (χ3v) is 9.54. The van der Waals surface area contributed by atoms with Crippen molar-refractivity contribution < 1.29 is 13.2 Å². The molecule has 5 aromatic rings. The summed E-state index contributed by atoms with van der Waals surface area (Å²) in [5.41, 5.74) is 3.54. The van der Waals surface area contributed by atoms with Crippen LogP contribution in [0, 0.1) is 6.92 Å². The minimum absolute atomic E-state index is 0.0919. The molecule has 7 nitrogen and oxygen atoms in total. The maximum atomic E-state index is 13.7. The summed E-state index contributed by atoms with van der Waals surface area (Å²) in [6.45, 7) is 4.05. The van der Waals surface area contributed by atoms with E-state index in [0.29, 0.717) is 10.8 Å². The van der Waals surface area contributed by atoms with Crippen LogP contribution in [0.4, 0.5) is 10.8 Å². The molecule has 0 saturated heterocycles. The molecule has 1 heterocycles. The van der Waals surface area contributed by atoms with Crippen molar-refractivity contribution in [3.8, 4) is 0 Å². The highest BCUT2D eigenvalue weighted by molar-refractivity contribution is 9.10. The van der Waals surface area contributed by atoms with E-state index in [9.17, 15) is 13.2 Å². The highest BCUT2D eigenvalue weighted by Gasteiger charge is 2.25. The van der Waals surface area contributed by atoms with Crippen LogP contribution in [0.5, 0.6) is 0 Å². The molecule has 0 aliphatic heterocycles. The van der Waals surface area contributed by atoms with Crippen molar-refractivity contribution in [2.75, 3.05) is 15.9 Å². The summed E-state index contributed by atoms with van der Waals surface area (Å²) < 4.78 is 30.0. The summed E-state index contributed by atoms with van der Waals surface area (Å²) in [6.07, 6.45) is 1.61. The Labute approximate surface area is 245 Å².